The van der Waals surface area contributed by atoms with E-state index in [1.165, 1.54) is 12.2 Å². The Balaban J connectivity index is 2.50. The SMILES string of the molecule is O=C(/C=C/CO)Nc1ccccn1. The van der Waals surface area contributed by atoms with Gasteiger partial charge in [0, 0.05) is 12.3 Å². The monoisotopic (exact) mass is 178 g/mol. The number of aliphatic hydroxyl groups is 1. The van der Waals surface area contributed by atoms with Gasteiger partial charge in [-0.3, -0.25) is 4.79 Å². The van der Waals surface area contributed by atoms with Crippen molar-refractivity contribution >= 4 is 11.7 Å². The lowest BCUT2D eigenvalue weighted by Gasteiger charge is -1.98. The number of pyridine rings is 1. The summed E-state index contributed by atoms with van der Waals surface area (Å²) in [5.74, 6) is 0.197. The molecule has 0 saturated carbocycles. The van der Waals surface area contributed by atoms with Crippen LogP contribution in [0.25, 0.3) is 0 Å². The summed E-state index contributed by atoms with van der Waals surface area (Å²) in [6.45, 7) is -0.143. The van der Waals surface area contributed by atoms with Gasteiger partial charge in [-0.1, -0.05) is 12.1 Å². The first-order valence-electron chi connectivity index (χ1n) is 3.82. The highest BCUT2D eigenvalue weighted by molar-refractivity contribution is 5.98. The third-order valence-electron chi connectivity index (χ3n) is 1.29. The number of amides is 1. The molecule has 1 heterocycles. The molecular formula is C9H10N2O2. The van der Waals surface area contributed by atoms with E-state index in [1.54, 1.807) is 24.4 Å². The summed E-state index contributed by atoms with van der Waals surface area (Å²) in [6.07, 6.45) is 4.21. The average Bonchev–Trinajstić information content (AvgIpc) is 2.16. The third-order valence-corrected chi connectivity index (χ3v) is 1.29. The lowest BCUT2D eigenvalue weighted by molar-refractivity contribution is -0.112. The number of aliphatic hydroxyl groups excluding tert-OH is 1. The van der Waals surface area contributed by atoms with E-state index in [0.717, 1.165) is 0 Å². The predicted octanol–water partition coefficient (Wildman–Crippen LogP) is 0.569. The maximum absolute atomic E-state index is 11.0. The molecule has 0 aliphatic heterocycles. The Hall–Kier alpha value is -1.68. The van der Waals surface area contributed by atoms with Crippen molar-refractivity contribution in [3.8, 4) is 0 Å². The maximum Gasteiger partial charge on any atom is 0.249 e. The molecule has 13 heavy (non-hydrogen) atoms. The van der Waals surface area contributed by atoms with Crippen molar-refractivity contribution in [3.05, 3.63) is 36.5 Å². The third kappa shape index (κ3) is 3.48. The highest BCUT2D eigenvalue weighted by Crippen LogP contribution is 1.99. The summed E-state index contributed by atoms with van der Waals surface area (Å²) >= 11 is 0. The summed E-state index contributed by atoms with van der Waals surface area (Å²) in [6, 6.07) is 5.22. The Labute approximate surface area is 75.9 Å². The van der Waals surface area contributed by atoms with Crippen molar-refractivity contribution in [2.75, 3.05) is 11.9 Å². The fraction of sp³-hybridized carbons (Fsp3) is 0.111. The molecule has 0 aromatic carbocycles. The molecule has 0 radical (unpaired) electrons. The number of carbonyl (C=O) groups excluding carboxylic acids is 1. The quantitative estimate of drug-likeness (QED) is 0.665. The number of nitrogens with zero attached hydrogens (tertiary/aromatic N) is 1. The largest absolute Gasteiger partial charge is 0.392 e. The van der Waals surface area contributed by atoms with Crippen LogP contribution in [-0.4, -0.2) is 22.6 Å². The van der Waals surface area contributed by atoms with Gasteiger partial charge in [0.05, 0.1) is 6.61 Å². The van der Waals surface area contributed by atoms with E-state index in [4.69, 9.17) is 5.11 Å². The summed E-state index contributed by atoms with van der Waals surface area (Å²) in [4.78, 5) is 14.9. The molecule has 1 rings (SSSR count). The van der Waals surface area contributed by atoms with Crippen LogP contribution < -0.4 is 5.32 Å². The minimum Gasteiger partial charge on any atom is -0.392 e. The zero-order chi connectivity index (χ0) is 9.52. The molecule has 0 spiro atoms. The number of aromatic nitrogens is 1. The van der Waals surface area contributed by atoms with E-state index in [0.29, 0.717) is 5.82 Å². The molecule has 0 saturated heterocycles. The molecule has 68 valence electrons. The second-order valence-corrected chi connectivity index (χ2v) is 2.29. The van der Waals surface area contributed by atoms with E-state index < -0.39 is 0 Å². The predicted molar refractivity (Wildman–Crippen MR) is 49.1 cm³/mol. The van der Waals surface area contributed by atoms with E-state index in [1.807, 2.05) is 0 Å². The summed E-state index contributed by atoms with van der Waals surface area (Å²) in [5, 5.41) is 10.9. The Morgan fingerprint density at radius 3 is 3.08 bits per heavy atom. The Morgan fingerprint density at radius 1 is 1.62 bits per heavy atom. The summed E-state index contributed by atoms with van der Waals surface area (Å²) in [7, 11) is 0. The number of hydrogen-bond donors (Lipinski definition) is 2. The molecule has 0 fully saturated rings. The van der Waals surface area contributed by atoms with Gasteiger partial charge < -0.3 is 10.4 Å². The molecule has 4 nitrogen and oxygen atoms in total. The molecule has 1 aromatic heterocycles. The first-order valence-corrected chi connectivity index (χ1v) is 3.82. The minimum atomic E-state index is -0.298. The van der Waals surface area contributed by atoms with Crippen molar-refractivity contribution < 1.29 is 9.90 Å². The lowest BCUT2D eigenvalue weighted by atomic mass is 10.4. The van der Waals surface area contributed by atoms with E-state index >= 15 is 0 Å². The van der Waals surface area contributed by atoms with Gasteiger partial charge in [0.2, 0.25) is 5.91 Å². The molecule has 0 atom stereocenters. The van der Waals surface area contributed by atoms with Crippen LogP contribution in [0.5, 0.6) is 0 Å². The number of anilines is 1. The molecule has 2 N–H and O–H groups in total. The fourth-order valence-corrected chi connectivity index (χ4v) is 0.764. The molecule has 0 unspecified atom stereocenters. The van der Waals surface area contributed by atoms with Gasteiger partial charge in [-0.2, -0.15) is 0 Å². The van der Waals surface area contributed by atoms with Gasteiger partial charge in [0.1, 0.15) is 5.82 Å². The molecule has 4 heteroatoms. The van der Waals surface area contributed by atoms with Gasteiger partial charge in [0.15, 0.2) is 0 Å². The fourth-order valence-electron chi connectivity index (χ4n) is 0.764. The van der Waals surface area contributed by atoms with Gasteiger partial charge >= 0.3 is 0 Å². The van der Waals surface area contributed by atoms with Gasteiger partial charge in [0.25, 0.3) is 0 Å². The Kier molecular flexibility index (Phi) is 3.66. The van der Waals surface area contributed by atoms with Crippen molar-refractivity contribution in [2.24, 2.45) is 0 Å². The van der Waals surface area contributed by atoms with Crippen LogP contribution in [0, 0.1) is 0 Å². The van der Waals surface area contributed by atoms with Crippen LogP contribution in [-0.2, 0) is 4.79 Å². The minimum absolute atomic E-state index is 0.143. The molecular weight excluding hydrogens is 168 g/mol. The topological polar surface area (TPSA) is 62.2 Å². The normalized spacial score (nSPS) is 10.2. The van der Waals surface area contributed by atoms with Gasteiger partial charge in [-0.25, -0.2) is 4.98 Å². The molecule has 1 aromatic rings. The molecule has 0 aliphatic carbocycles. The van der Waals surface area contributed by atoms with Crippen molar-refractivity contribution in [2.45, 2.75) is 0 Å². The van der Waals surface area contributed by atoms with Crippen LogP contribution in [0.3, 0.4) is 0 Å². The lowest BCUT2D eigenvalue weighted by Crippen LogP contribution is -2.08. The molecule has 1 amide bonds. The Morgan fingerprint density at radius 2 is 2.46 bits per heavy atom. The standard InChI is InChI=1S/C9H10N2O2/c12-7-3-5-9(13)11-8-4-1-2-6-10-8/h1-6,12H,7H2,(H,10,11,13)/b5-3+. The van der Waals surface area contributed by atoms with Gasteiger partial charge in [-0.15, -0.1) is 0 Å². The number of hydrogen-bond acceptors (Lipinski definition) is 3. The summed E-state index contributed by atoms with van der Waals surface area (Å²) < 4.78 is 0. The number of rotatable bonds is 3. The van der Waals surface area contributed by atoms with Crippen LogP contribution in [0.1, 0.15) is 0 Å². The van der Waals surface area contributed by atoms with E-state index in [9.17, 15) is 4.79 Å². The average molecular weight is 178 g/mol. The molecule has 0 aliphatic rings. The first kappa shape index (κ1) is 9.41. The first-order chi connectivity index (χ1) is 6.33. The van der Waals surface area contributed by atoms with Crippen LogP contribution in [0.2, 0.25) is 0 Å². The van der Waals surface area contributed by atoms with Gasteiger partial charge in [-0.05, 0) is 12.1 Å². The van der Waals surface area contributed by atoms with Crippen molar-refractivity contribution in [1.29, 1.82) is 0 Å². The summed E-state index contributed by atoms with van der Waals surface area (Å²) in [5.41, 5.74) is 0. The smallest absolute Gasteiger partial charge is 0.249 e. The van der Waals surface area contributed by atoms with E-state index in [2.05, 4.69) is 10.3 Å². The zero-order valence-electron chi connectivity index (χ0n) is 6.97. The number of carbonyl (C=O) groups is 1. The van der Waals surface area contributed by atoms with Crippen molar-refractivity contribution in [1.82, 2.24) is 4.98 Å². The number of nitrogens with one attached hydrogen (secondary N) is 1. The molecule has 0 bridgehead atoms. The van der Waals surface area contributed by atoms with Crippen LogP contribution in [0.4, 0.5) is 5.82 Å². The van der Waals surface area contributed by atoms with Crippen LogP contribution in [0.15, 0.2) is 36.5 Å². The highest BCUT2D eigenvalue weighted by atomic mass is 16.2. The Bertz CT molecular complexity index is 296. The van der Waals surface area contributed by atoms with E-state index in [-0.39, 0.29) is 12.5 Å². The maximum atomic E-state index is 11.0. The second kappa shape index (κ2) is 5.05. The van der Waals surface area contributed by atoms with Crippen molar-refractivity contribution in [3.63, 3.8) is 0 Å². The highest BCUT2D eigenvalue weighted by Gasteiger charge is 1.95. The zero-order valence-corrected chi connectivity index (χ0v) is 6.97. The second-order valence-electron chi connectivity index (χ2n) is 2.29. The van der Waals surface area contributed by atoms with Crippen LogP contribution >= 0.6 is 0 Å².